The SMILES string of the molecule is CC1CN(C(=O)CCN2CCc3sccc3C2c2ccccc2)CCN1C(=O)C(c1ccccc1)c1ccccc1. The predicted molar refractivity (Wildman–Crippen MR) is 165 cm³/mol. The van der Waals surface area contributed by atoms with Crippen molar-refractivity contribution in [3.63, 3.8) is 0 Å². The molecule has 5 nitrogen and oxygen atoms in total. The molecule has 2 aliphatic rings. The lowest BCUT2D eigenvalue weighted by Crippen LogP contribution is -2.56. The van der Waals surface area contributed by atoms with E-state index in [1.54, 1.807) is 0 Å². The van der Waals surface area contributed by atoms with Crippen LogP contribution in [0.4, 0.5) is 0 Å². The van der Waals surface area contributed by atoms with Gasteiger partial charge < -0.3 is 9.80 Å². The first kappa shape index (κ1) is 27.4. The van der Waals surface area contributed by atoms with Crippen LogP contribution in [0.15, 0.2) is 102 Å². The summed E-state index contributed by atoms with van der Waals surface area (Å²) in [6, 6.07) is 33.1. The van der Waals surface area contributed by atoms with Gasteiger partial charge in [0.2, 0.25) is 11.8 Å². The molecule has 2 aliphatic heterocycles. The molecule has 3 heterocycles. The van der Waals surface area contributed by atoms with E-state index in [-0.39, 0.29) is 29.8 Å². The zero-order valence-corrected chi connectivity index (χ0v) is 24.4. The maximum absolute atomic E-state index is 14.0. The molecular formula is C35H37N3O2S. The number of fused-ring (bicyclic) bond motifs is 1. The van der Waals surface area contributed by atoms with Crippen molar-refractivity contribution in [2.75, 3.05) is 32.7 Å². The van der Waals surface area contributed by atoms with Crippen LogP contribution in [0.5, 0.6) is 0 Å². The highest BCUT2D eigenvalue weighted by Crippen LogP contribution is 2.37. The molecule has 0 aliphatic carbocycles. The molecule has 210 valence electrons. The van der Waals surface area contributed by atoms with Gasteiger partial charge in [-0.2, -0.15) is 0 Å². The minimum Gasteiger partial charge on any atom is -0.339 e. The van der Waals surface area contributed by atoms with E-state index in [1.807, 2.05) is 81.8 Å². The van der Waals surface area contributed by atoms with Crippen LogP contribution >= 0.6 is 11.3 Å². The molecular weight excluding hydrogens is 526 g/mol. The fraction of sp³-hybridized carbons (Fsp3) is 0.314. The van der Waals surface area contributed by atoms with Gasteiger partial charge in [0.15, 0.2) is 0 Å². The third kappa shape index (κ3) is 5.85. The lowest BCUT2D eigenvalue weighted by atomic mass is 9.89. The Bertz CT molecular complexity index is 1420. The van der Waals surface area contributed by atoms with E-state index >= 15 is 0 Å². The number of hydrogen-bond acceptors (Lipinski definition) is 4. The zero-order chi connectivity index (χ0) is 28.2. The van der Waals surface area contributed by atoms with E-state index in [2.05, 4.69) is 53.6 Å². The standard InChI is InChI=1S/C35H37N3O2S/c1-26-25-37(22-23-38(26)35(40)33(27-11-5-2-6-12-27)28-13-7-3-8-14-28)32(39)18-21-36-20-17-31-30(19-24-41-31)34(36)29-15-9-4-10-16-29/h2-16,19,24,26,33-34H,17-18,20-23,25H2,1H3. The Morgan fingerprint density at radius 2 is 1.46 bits per heavy atom. The number of amides is 2. The first-order valence-electron chi connectivity index (χ1n) is 14.6. The second kappa shape index (κ2) is 12.4. The molecule has 0 saturated carbocycles. The maximum atomic E-state index is 14.0. The van der Waals surface area contributed by atoms with Crippen LogP contribution in [0, 0.1) is 0 Å². The van der Waals surface area contributed by atoms with Gasteiger partial charge >= 0.3 is 0 Å². The van der Waals surface area contributed by atoms with E-state index < -0.39 is 0 Å². The van der Waals surface area contributed by atoms with E-state index in [9.17, 15) is 9.59 Å². The molecule has 0 bridgehead atoms. The molecule has 3 aromatic carbocycles. The number of nitrogens with zero attached hydrogens (tertiary/aromatic N) is 3. The Hall–Kier alpha value is -3.74. The van der Waals surface area contributed by atoms with Gasteiger partial charge in [-0.05, 0) is 47.0 Å². The van der Waals surface area contributed by atoms with E-state index in [0.717, 1.165) is 30.6 Å². The summed E-state index contributed by atoms with van der Waals surface area (Å²) in [5.74, 6) is -0.0692. The van der Waals surface area contributed by atoms with Gasteiger partial charge in [0.1, 0.15) is 0 Å². The summed E-state index contributed by atoms with van der Waals surface area (Å²) in [6.07, 6.45) is 1.52. The van der Waals surface area contributed by atoms with Gasteiger partial charge in [-0.15, -0.1) is 11.3 Å². The van der Waals surface area contributed by atoms with Crippen LogP contribution in [-0.2, 0) is 16.0 Å². The Labute approximate surface area is 247 Å². The van der Waals surface area contributed by atoms with Crippen molar-refractivity contribution >= 4 is 23.2 Å². The molecule has 1 saturated heterocycles. The smallest absolute Gasteiger partial charge is 0.234 e. The first-order valence-corrected chi connectivity index (χ1v) is 15.5. The summed E-state index contributed by atoms with van der Waals surface area (Å²) in [5, 5.41) is 2.19. The second-order valence-corrected chi connectivity index (χ2v) is 12.1. The Kier molecular flexibility index (Phi) is 8.31. The Morgan fingerprint density at radius 1 is 0.829 bits per heavy atom. The van der Waals surface area contributed by atoms with Crippen LogP contribution in [0.25, 0.3) is 0 Å². The molecule has 0 spiro atoms. The van der Waals surface area contributed by atoms with Gasteiger partial charge in [0.05, 0.1) is 12.0 Å². The minimum atomic E-state index is -0.349. The molecule has 2 unspecified atom stereocenters. The number of rotatable bonds is 7. The van der Waals surface area contributed by atoms with Crippen molar-refractivity contribution in [3.05, 3.63) is 130 Å². The van der Waals surface area contributed by atoms with Crippen molar-refractivity contribution in [2.24, 2.45) is 0 Å². The van der Waals surface area contributed by atoms with Gasteiger partial charge in [-0.1, -0.05) is 91.0 Å². The number of benzene rings is 3. The number of carbonyl (C=O) groups excluding carboxylic acids is 2. The third-order valence-electron chi connectivity index (χ3n) is 8.57. The van der Waals surface area contributed by atoms with Crippen LogP contribution < -0.4 is 0 Å². The summed E-state index contributed by atoms with van der Waals surface area (Å²) >= 11 is 1.84. The molecule has 0 radical (unpaired) electrons. The maximum Gasteiger partial charge on any atom is 0.234 e. The summed E-state index contributed by atoms with van der Waals surface area (Å²) < 4.78 is 0. The molecule has 41 heavy (non-hydrogen) atoms. The van der Waals surface area contributed by atoms with Gasteiger partial charge in [0.25, 0.3) is 0 Å². The zero-order valence-electron chi connectivity index (χ0n) is 23.6. The van der Waals surface area contributed by atoms with E-state index in [1.165, 1.54) is 16.0 Å². The fourth-order valence-corrected chi connectivity index (χ4v) is 7.38. The molecule has 1 fully saturated rings. The molecule has 4 aromatic rings. The molecule has 0 N–H and O–H groups in total. The number of piperazine rings is 1. The number of hydrogen-bond donors (Lipinski definition) is 0. The van der Waals surface area contributed by atoms with Crippen LogP contribution in [-0.4, -0.2) is 65.3 Å². The fourth-order valence-electron chi connectivity index (χ4n) is 6.48. The number of carbonyl (C=O) groups is 2. The predicted octanol–water partition coefficient (Wildman–Crippen LogP) is 5.98. The third-order valence-corrected chi connectivity index (χ3v) is 9.57. The van der Waals surface area contributed by atoms with Gasteiger partial charge in [0, 0.05) is 50.1 Å². The van der Waals surface area contributed by atoms with Gasteiger partial charge in [-0.3, -0.25) is 14.5 Å². The highest BCUT2D eigenvalue weighted by atomic mass is 32.1. The number of thiophene rings is 1. The second-order valence-electron chi connectivity index (χ2n) is 11.1. The van der Waals surface area contributed by atoms with E-state index in [0.29, 0.717) is 26.1 Å². The van der Waals surface area contributed by atoms with Crippen LogP contribution in [0.3, 0.4) is 0 Å². The Balaban J connectivity index is 1.11. The summed E-state index contributed by atoms with van der Waals surface area (Å²) in [7, 11) is 0. The molecule has 1 aromatic heterocycles. The molecule has 6 rings (SSSR count). The average molecular weight is 564 g/mol. The van der Waals surface area contributed by atoms with E-state index in [4.69, 9.17) is 0 Å². The highest BCUT2D eigenvalue weighted by molar-refractivity contribution is 7.10. The summed E-state index contributed by atoms with van der Waals surface area (Å²) in [6.45, 7) is 5.44. The largest absolute Gasteiger partial charge is 0.339 e. The Morgan fingerprint density at radius 3 is 2.10 bits per heavy atom. The topological polar surface area (TPSA) is 43.9 Å². The summed E-state index contributed by atoms with van der Waals surface area (Å²) in [5.41, 5.74) is 4.66. The minimum absolute atomic E-state index is 0.0458. The monoisotopic (exact) mass is 563 g/mol. The van der Waals surface area contributed by atoms with Crippen molar-refractivity contribution in [2.45, 2.75) is 37.8 Å². The summed E-state index contributed by atoms with van der Waals surface area (Å²) in [4.78, 5) is 35.3. The average Bonchev–Trinajstić information content (AvgIpc) is 3.50. The van der Waals surface area contributed by atoms with Crippen LogP contribution in [0.1, 0.15) is 52.4 Å². The first-order chi connectivity index (χ1) is 20.1. The van der Waals surface area contributed by atoms with Crippen molar-refractivity contribution in [1.82, 2.24) is 14.7 Å². The lowest BCUT2D eigenvalue weighted by Gasteiger charge is -2.42. The molecule has 2 amide bonds. The van der Waals surface area contributed by atoms with Crippen molar-refractivity contribution in [3.8, 4) is 0 Å². The van der Waals surface area contributed by atoms with Gasteiger partial charge in [-0.25, -0.2) is 0 Å². The lowest BCUT2D eigenvalue weighted by molar-refractivity contribution is -0.143. The quantitative estimate of drug-likeness (QED) is 0.278. The van der Waals surface area contributed by atoms with Crippen molar-refractivity contribution < 1.29 is 9.59 Å². The molecule has 2 atom stereocenters. The van der Waals surface area contributed by atoms with Crippen molar-refractivity contribution in [1.29, 1.82) is 0 Å². The van der Waals surface area contributed by atoms with Crippen LogP contribution in [0.2, 0.25) is 0 Å². The highest BCUT2D eigenvalue weighted by Gasteiger charge is 2.35. The normalized spacial score (nSPS) is 19.3. The molecule has 6 heteroatoms.